The molecule has 0 spiro atoms. The van der Waals surface area contributed by atoms with Gasteiger partial charge in [-0.3, -0.25) is 9.97 Å². The van der Waals surface area contributed by atoms with Gasteiger partial charge in [-0.05, 0) is 105 Å². The first-order valence-corrected chi connectivity index (χ1v) is 17.6. The Labute approximate surface area is 301 Å². The summed E-state index contributed by atoms with van der Waals surface area (Å²) >= 11 is 0. The molecule has 52 heavy (non-hydrogen) atoms. The SMILES string of the molecule is C1=Cc2nccc(-c3cc(-c4nc(-c5cccc6ccccc56)nc(-c5cccc6ccccc56)n4)cc(-c4ccnc5ccccc45)c3)c2CC1. The van der Waals surface area contributed by atoms with Gasteiger partial charge < -0.3 is 0 Å². The van der Waals surface area contributed by atoms with E-state index >= 15 is 0 Å². The lowest BCUT2D eigenvalue weighted by molar-refractivity contribution is 0.967. The average molecular weight is 666 g/mol. The van der Waals surface area contributed by atoms with E-state index in [9.17, 15) is 0 Å². The maximum atomic E-state index is 5.29. The number of nitrogens with zero attached hydrogens (tertiary/aromatic N) is 5. The number of hydrogen-bond donors (Lipinski definition) is 0. The Kier molecular flexibility index (Phi) is 7.21. The van der Waals surface area contributed by atoms with Crippen molar-refractivity contribution in [2.24, 2.45) is 0 Å². The Morgan fingerprint density at radius 3 is 1.71 bits per heavy atom. The molecule has 244 valence electrons. The Hall–Kier alpha value is -6.85. The largest absolute Gasteiger partial charge is 0.257 e. The molecule has 0 fully saturated rings. The van der Waals surface area contributed by atoms with Gasteiger partial charge in [0.25, 0.3) is 0 Å². The Morgan fingerprint density at radius 2 is 0.981 bits per heavy atom. The molecule has 0 aliphatic heterocycles. The predicted octanol–water partition coefficient (Wildman–Crippen LogP) is 11.4. The van der Waals surface area contributed by atoms with E-state index in [0.29, 0.717) is 17.5 Å². The van der Waals surface area contributed by atoms with E-state index < -0.39 is 0 Å². The van der Waals surface area contributed by atoms with Crippen molar-refractivity contribution in [3.05, 3.63) is 169 Å². The number of hydrogen-bond acceptors (Lipinski definition) is 5. The molecule has 6 aromatic carbocycles. The fourth-order valence-electron chi connectivity index (χ4n) is 7.61. The van der Waals surface area contributed by atoms with Crippen LogP contribution in [0, 0.1) is 0 Å². The van der Waals surface area contributed by atoms with E-state index in [0.717, 1.165) is 84.4 Å². The van der Waals surface area contributed by atoms with Crippen molar-refractivity contribution in [3.63, 3.8) is 0 Å². The Bertz CT molecular complexity index is 2760. The second-order valence-electron chi connectivity index (χ2n) is 13.2. The van der Waals surface area contributed by atoms with Crippen molar-refractivity contribution in [1.29, 1.82) is 0 Å². The third-order valence-corrected chi connectivity index (χ3v) is 10.1. The standard InChI is InChI=1S/C47H31N5/c1-3-15-35-30(11-1)13-9-19-41(35)46-50-45(51-47(52-46)42-20-10-14-31-12-2-4-16-36(31)42)34-28-32(37-23-25-48-43-21-7-5-17-39(37)43)27-33(29-34)38-24-26-49-44-22-8-6-18-40(38)44/h1-5,7-17,19-29H,6,18H2. The van der Waals surface area contributed by atoms with Crippen LogP contribution in [0.15, 0.2) is 158 Å². The summed E-state index contributed by atoms with van der Waals surface area (Å²) < 4.78 is 0. The number of benzene rings is 6. The van der Waals surface area contributed by atoms with Gasteiger partial charge in [0, 0.05) is 34.5 Å². The van der Waals surface area contributed by atoms with Crippen molar-refractivity contribution in [2.45, 2.75) is 12.8 Å². The normalized spacial score (nSPS) is 12.4. The van der Waals surface area contributed by atoms with Gasteiger partial charge in [-0.25, -0.2) is 15.0 Å². The summed E-state index contributed by atoms with van der Waals surface area (Å²) in [7, 11) is 0. The van der Waals surface area contributed by atoms with Gasteiger partial charge in [-0.1, -0.05) is 109 Å². The van der Waals surface area contributed by atoms with Crippen LogP contribution in [-0.2, 0) is 6.42 Å². The summed E-state index contributed by atoms with van der Waals surface area (Å²) in [6.07, 6.45) is 10.1. The van der Waals surface area contributed by atoms with Crippen molar-refractivity contribution in [3.8, 4) is 56.4 Å². The van der Waals surface area contributed by atoms with Crippen molar-refractivity contribution < 1.29 is 0 Å². The molecular formula is C47H31N5. The second-order valence-corrected chi connectivity index (χ2v) is 13.2. The number of rotatable bonds is 5. The third kappa shape index (κ3) is 5.22. The summed E-state index contributed by atoms with van der Waals surface area (Å²) in [5.41, 5.74) is 10.5. The monoisotopic (exact) mass is 665 g/mol. The maximum absolute atomic E-state index is 5.29. The first-order chi connectivity index (χ1) is 25.8. The average Bonchev–Trinajstić information content (AvgIpc) is 3.22. The fraction of sp³-hybridized carbons (Fsp3) is 0.0426. The number of pyridine rings is 2. The van der Waals surface area contributed by atoms with Gasteiger partial charge in [0.1, 0.15) is 0 Å². The quantitative estimate of drug-likeness (QED) is 0.183. The third-order valence-electron chi connectivity index (χ3n) is 10.1. The number of para-hydroxylation sites is 1. The van der Waals surface area contributed by atoms with Crippen LogP contribution >= 0.6 is 0 Å². The van der Waals surface area contributed by atoms with Crippen LogP contribution in [0.5, 0.6) is 0 Å². The molecule has 3 heterocycles. The number of allylic oxidation sites excluding steroid dienone is 1. The fourth-order valence-corrected chi connectivity index (χ4v) is 7.61. The van der Waals surface area contributed by atoms with Crippen LogP contribution in [0.25, 0.3) is 94.9 Å². The highest BCUT2D eigenvalue weighted by Gasteiger charge is 2.19. The minimum Gasteiger partial charge on any atom is -0.257 e. The number of fused-ring (bicyclic) bond motifs is 4. The minimum absolute atomic E-state index is 0.616. The van der Waals surface area contributed by atoms with Crippen LogP contribution in [0.2, 0.25) is 0 Å². The van der Waals surface area contributed by atoms with Crippen LogP contribution in [0.1, 0.15) is 17.7 Å². The van der Waals surface area contributed by atoms with E-state index in [1.807, 2.05) is 18.5 Å². The molecule has 0 unspecified atom stereocenters. The molecule has 1 aliphatic carbocycles. The molecule has 5 nitrogen and oxygen atoms in total. The molecular weight excluding hydrogens is 635 g/mol. The van der Waals surface area contributed by atoms with Gasteiger partial charge in [-0.2, -0.15) is 0 Å². The molecule has 1 aliphatic rings. The molecule has 0 saturated carbocycles. The van der Waals surface area contributed by atoms with E-state index in [1.165, 1.54) is 11.1 Å². The molecule has 0 saturated heterocycles. The zero-order valence-electron chi connectivity index (χ0n) is 28.2. The predicted molar refractivity (Wildman–Crippen MR) is 212 cm³/mol. The van der Waals surface area contributed by atoms with Gasteiger partial charge in [-0.15, -0.1) is 0 Å². The first kappa shape index (κ1) is 30.0. The Morgan fingerprint density at radius 1 is 0.423 bits per heavy atom. The van der Waals surface area contributed by atoms with E-state index in [-0.39, 0.29) is 0 Å². The molecule has 0 N–H and O–H groups in total. The van der Waals surface area contributed by atoms with Gasteiger partial charge in [0.15, 0.2) is 17.5 Å². The molecule has 0 bridgehead atoms. The lowest BCUT2D eigenvalue weighted by Crippen LogP contribution is -2.02. The Balaban J connectivity index is 1.27. The highest BCUT2D eigenvalue weighted by molar-refractivity contribution is 5.99. The molecule has 0 radical (unpaired) electrons. The van der Waals surface area contributed by atoms with Gasteiger partial charge in [0.2, 0.25) is 0 Å². The van der Waals surface area contributed by atoms with Crippen molar-refractivity contribution in [1.82, 2.24) is 24.9 Å². The van der Waals surface area contributed by atoms with Crippen LogP contribution < -0.4 is 0 Å². The summed E-state index contributed by atoms with van der Waals surface area (Å²) in [6, 6.07) is 48.7. The molecule has 10 rings (SSSR count). The van der Waals surface area contributed by atoms with Gasteiger partial charge in [0.05, 0.1) is 11.2 Å². The molecule has 5 heteroatoms. The molecule has 9 aromatic rings. The highest BCUT2D eigenvalue weighted by Crippen LogP contribution is 2.39. The molecule has 0 atom stereocenters. The first-order valence-electron chi connectivity index (χ1n) is 17.6. The zero-order valence-corrected chi connectivity index (χ0v) is 28.2. The summed E-state index contributed by atoms with van der Waals surface area (Å²) in [6.45, 7) is 0. The highest BCUT2D eigenvalue weighted by atomic mass is 15.0. The van der Waals surface area contributed by atoms with Crippen molar-refractivity contribution in [2.75, 3.05) is 0 Å². The molecule has 3 aromatic heterocycles. The van der Waals surface area contributed by atoms with Crippen LogP contribution in [-0.4, -0.2) is 24.9 Å². The number of aromatic nitrogens is 5. The molecule has 0 amide bonds. The lowest BCUT2D eigenvalue weighted by Gasteiger charge is -2.17. The summed E-state index contributed by atoms with van der Waals surface area (Å²) in [5, 5.41) is 5.56. The summed E-state index contributed by atoms with van der Waals surface area (Å²) in [5.74, 6) is 1.89. The lowest BCUT2D eigenvalue weighted by atomic mass is 9.89. The van der Waals surface area contributed by atoms with Crippen LogP contribution in [0.3, 0.4) is 0 Å². The smallest absolute Gasteiger partial charge is 0.164 e. The maximum Gasteiger partial charge on any atom is 0.164 e. The van der Waals surface area contributed by atoms with E-state index in [2.05, 4.69) is 151 Å². The zero-order chi connectivity index (χ0) is 34.4. The topological polar surface area (TPSA) is 64.5 Å². The summed E-state index contributed by atoms with van der Waals surface area (Å²) in [4.78, 5) is 25.2. The second kappa shape index (κ2) is 12.5. The van der Waals surface area contributed by atoms with Crippen LogP contribution in [0.4, 0.5) is 0 Å². The van der Waals surface area contributed by atoms with E-state index in [1.54, 1.807) is 0 Å². The van der Waals surface area contributed by atoms with Gasteiger partial charge >= 0.3 is 0 Å². The minimum atomic E-state index is 0.616. The van der Waals surface area contributed by atoms with E-state index in [4.69, 9.17) is 19.9 Å². The van der Waals surface area contributed by atoms with Crippen molar-refractivity contribution >= 4 is 38.5 Å².